The number of thioether (sulfide) groups is 1. The van der Waals surface area contributed by atoms with Crippen LogP contribution in [0, 0.1) is 13.8 Å². The second kappa shape index (κ2) is 6.18. The van der Waals surface area contributed by atoms with Crippen LogP contribution < -0.4 is 11.1 Å². The van der Waals surface area contributed by atoms with Gasteiger partial charge < -0.3 is 15.5 Å². The molecule has 0 saturated heterocycles. The number of primary amides is 1. The molecule has 112 valence electrons. The molecule has 5 nitrogen and oxygen atoms in total. The molecule has 0 bridgehead atoms. The number of oxazole rings is 1. The van der Waals surface area contributed by atoms with Crippen LogP contribution in [0.2, 0.25) is 0 Å². The number of aromatic nitrogens is 1. The molecule has 1 aliphatic rings. The third-order valence-corrected chi connectivity index (χ3v) is 4.61. The Bertz CT molecular complexity index is 465. The molecule has 0 aliphatic heterocycles. The number of hydrogen-bond acceptors (Lipinski definition) is 5. The van der Waals surface area contributed by atoms with Crippen LogP contribution >= 0.6 is 11.8 Å². The Hall–Kier alpha value is -1.01. The van der Waals surface area contributed by atoms with E-state index in [9.17, 15) is 4.79 Å². The number of aryl methyl sites for hydroxylation is 2. The van der Waals surface area contributed by atoms with Gasteiger partial charge in [-0.05, 0) is 46.5 Å². The summed E-state index contributed by atoms with van der Waals surface area (Å²) in [6.45, 7) is 5.75. The Morgan fingerprint density at radius 2 is 2.25 bits per heavy atom. The quantitative estimate of drug-likeness (QED) is 0.567. The minimum Gasteiger partial charge on any atom is -0.437 e. The highest BCUT2D eigenvalue weighted by Gasteiger charge is 2.36. The second-order valence-corrected chi connectivity index (χ2v) is 6.73. The van der Waals surface area contributed by atoms with Crippen LogP contribution in [-0.2, 0) is 4.79 Å². The van der Waals surface area contributed by atoms with Gasteiger partial charge >= 0.3 is 0 Å². The number of carbonyl (C=O) groups excluding carboxylic acids is 1. The first-order valence-corrected chi connectivity index (χ1v) is 8.04. The lowest BCUT2D eigenvalue weighted by Gasteiger charge is -2.27. The van der Waals surface area contributed by atoms with Crippen LogP contribution in [0.15, 0.2) is 9.64 Å². The van der Waals surface area contributed by atoms with E-state index in [1.165, 1.54) is 0 Å². The van der Waals surface area contributed by atoms with E-state index in [2.05, 4.69) is 10.3 Å². The molecular formula is C14H23N3O2S. The van der Waals surface area contributed by atoms with Crippen molar-refractivity contribution in [1.29, 1.82) is 0 Å². The van der Waals surface area contributed by atoms with Crippen LogP contribution in [0.4, 0.5) is 0 Å². The topological polar surface area (TPSA) is 81.1 Å². The van der Waals surface area contributed by atoms with E-state index < -0.39 is 5.54 Å². The largest absolute Gasteiger partial charge is 0.437 e. The smallest absolute Gasteiger partial charge is 0.256 e. The number of hydrogen-bond donors (Lipinski definition) is 2. The zero-order chi connectivity index (χ0) is 14.8. The molecule has 1 atom stereocenters. The minimum absolute atomic E-state index is 0.266. The average Bonchev–Trinajstić information content (AvgIpc) is 3.11. The van der Waals surface area contributed by atoms with Gasteiger partial charge in [-0.2, -0.15) is 0 Å². The molecule has 1 saturated carbocycles. The lowest BCUT2D eigenvalue weighted by atomic mass is 9.95. The first kappa shape index (κ1) is 15.4. The molecular weight excluding hydrogens is 274 g/mol. The van der Waals surface area contributed by atoms with E-state index in [0.717, 1.165) is 42.9 Å². The SMILES string of the molecule is Cc1nc(SCCCC(C)(NC2CC2)C(N)=O)oc1C. The normalized spacial score (nSPS) is 17.9. The Balaban J connectivity index is 1.76. The molecule has 20 heavy (non-hydrogen) atoms. The van der Waals surface area contributed by atoms with Gasteiger partial charge in [0.1, 0.15) is 5.76 Å². The van der Waals surface area contributed by atoms with E-state index >= 15 is 0 Å². The minimum atomic E-state index is -0.593. The van der Waals surface area contributed by atoms with Crippen LogP contribution in [0.25, 0.3) is 0 Å². The predicted octanol–water partition coefficient (Wildman–Crippen LogP) is 2.16. The molecule has 1 aromatic rings. The van der Waals surface area contributed by atoms with E-state index in [0.29, 0.717) is 11.3 Å². The van der Waals surface area contributed by atoms with Gasteiger partial charge in [-0.3, -0.25) is 4.79 Å². The van der Waals surface area contributed by atoms with Crippen molar-refractivity contribution in [2.75, 3.05) is 5.75 Å². The van der Waals surface area contributed by atoms with E-state index in [-0.39, 0.29) is 5.91 Å². The summed E-state index contributed by atoms with van der Waals surface area (Å²) < 4.78 is 5.51. The van der Waals surface area contributed by atoms with Crippen molar-refractivity contribution in [2.45, 2.75) is 63.3 Å². The zero-order valence-electron chi connectivity index (χ0n) is 12.4. The Morgan fingerprint density at radius 3 is 2.75 bits per heavy atom. The molecule has 1 aliphatic carbocycles. The van der Waals surface area contributed by atoms with Gasteiger partial charge in [0.15, 0.2) is 0 Å². The second-order valence-electron chi connectivity index (χ2n) is 5.69. The van der Waals surface area contributed by atoms with Gasteiger partial charge in [-0.1, -0.05) is 11.8 Å². The molecule has 2 rings (SSSR count). The van der Waals surface area contributed by atoms with Gasteiger partial charge in [-0.15, -0.1) is 0 Å². The van der Waals surface area contributed by atoms with Gasteiger partial charge in [0.25, 0.3) is 5.22 Å². The maximum absolute atomic E-state index is 11.6. The molecule has 6 heteroatoms. The fourth-order valence-corrected chi connectivity index (χ4v) is 2.88. The first-order valence-electron chi connectivity index (χ1n) is 7.05. The summed E-state index contributed by atoms with van der Waals surface area (Å²) in [4.78, 5) is 15.9. The molecule has 0 spiro atoms. The molecule has 3 N–H and O–H groups in total. The third kappa shape index (κ3) is 3.99. The van der Waals surface area contributed by atoms with E-state index in [1.54, 1.807) is 11.8 Å². The van der Waals surface area contributed by atoms with Crippen molar-refractivity contribution >= 4 is 17.7 Å². The Morgan fingerprint density at radius 1 is 1.55 bits per heavy atom. The highest BCUT2D eigenvalue weighted by atomic mass is 32.2. The molecule has 1 unspecified atom stereocenters. The van der Waals surface area contributed by atoms with Gasteiger partial charge in [-0.25, -0.2) is 4.98 Å². The first-order chi connectivity index (χ1) is 9.40. The highest BCUT2D eigenvalue weighted by Crippen LogP contribution is 2.26. The maximum Gasteiger partial charge on any atom is 0.256 e. The number of nitrogens with one attached hydrogen (secondary N) is 1. The van der Waals surface area contributed by atoms with Crippen LogP contribution in [0.1, 0.15) is 44.1 Å². The lowest BCUT2D eigenvalue weighted by Crippen LogP contribution is -2.54. The van der Waals surface area contributed by atoms with Crippen molar-refractivity contribution < 1.29 is 9.21 Å². The van der Waals surface area contributed by atoms with Gasteiger partial charge in [0.2, 0.25) is 5.91 Å². The summed E-state index contributed by atoms with van der Waals surface area (Å²) >= 11 is 1.58. The van der Waals surface area contributed by atoms with Crippen LogP contribution in [0.5, 0.6) is 0 Å². The summed E-state index contributed by atoms with van der Waals surface area (Å²) in [5.41, 5.74) is 5.87. The standard InChI is InChI=1S/C14H23N3O2S/c1-9-10(2)19-13(16-9)20-8-4-7-14(3,12(15)18)17-11-5-6-11/h11,17H,4-8H2,1-3H3,(H2,15,18). The van der Waals surface area contributed by atoms with Crippen LogP contribution in [-0.4, -0.2) is 28.2 Å². The fourth-order valence-electron chi connectivity index (χ4n) is 2.03. The summed E-state index contributed by atoms with van der Waals surface area (Å²) in [5, 5.41) is 4.06. The average molecular weight is 297 g/mol. The highest BCUT2D eigenvalue weighted by molar-refractivity contribution is 7.99. The number of carbonyl (C=O) groups is 1. The zero-order valence-corrected chi connectivity index (χ0v) is 13.2. The van der Waals surface area contributed by atoms with E-state index in [1.807, 2.05) is 20.8 Å². The molecule has 1 amide bonds. The molecule has 1 heterocycles. The van der Waals surface area contributed by atoms with Gasteiger partial charge in [0.05, 0.1) is 11.2 Å². The number of nitrogens with zero attached hydrogens (tertiary/aromatic N) is 1. The summed E-state index contributed by atoms with van der Waals surface area (Å²) in [7, 11) is 0. The maximum atomic E-state index is 11.6. The monoisotopic (exact) mass is 297 g/mol. The molecule has 0 aromatic carbocycles. The number of rotatable bonds is 8. The summed E-state index contributed by atoms with van der Waals surface area (Å²) in [5.74, 6) is 1.47. The Labute approximate surface area is 124 Å². The number of nitrogens with two attached hydrogens (primary N) is 1. The molecule has 0 radical (unpaired) electrons. The predicted molar refractivity (Wildman–Crippen MR) is 79.7 cm³/mol. The van der Waals surface area contributed by atoms with Crippen molar-refractivity contribution in [3.8, 4) is 0 Å². The fraction of sp³-hybridized carbons (Fsp3) is 0.714. The van der Waals surface area contributed by atoms with E-state index in [4.69, 9.17) is 10.2 Å². The van der Waals surface area contributed by atoms with Crippen molar-refractivity contribution in [3.63, 3.8) is 0 Å². The van der Waals surface area contributed by atoms with Crippen molar-refractivity contribution in [1.82, 2.24) is 10.3 Å². The molecule has 1 fully saturated rings. The third-order valence-electron chi connectivity index (χ3n) is 3.70. The Kier molecular flexibility index (Phi) is 4.75. The summed E-state index contributed by atoms with van der Waals surface area (Å²) in [6.07, 6.45) is 3.92. The lowest BCUT2D eigenvalue weighted by molar-refractivity contribution is -0.124. The van der Waals surface area contributed by atoms with Crippen molar-refractivity contribution in [2.24, 2.45) is 5.73 Å². The molecule has 1 aromatic heterocycles. The van der Waals surface area contributed by atoms with Crippen molar-refractivity contribution in [3.05, 3.63) is 11.5 Å². The van der Waals surface area contributed by atoms with Crippen LogP contribution in [0.3, 0.4) is 0 Å². The number of amides is 1. The summed E-state index contributed by atoms with van der Waals surface area (Å²) in [6, 6.07) is 0.470. The van der Waals surface area contributed by atoms with Gasteiger partial charge in [0, 0.05) is 11.8 Å².